The second kappa shape index (κ2) is 13.3. The van der Waals surface area contributed by atoms with E-state index in [-0.39, 0.29) is 65.2 Å². The summed E-state index contributed by atoms with van der Waals surface area (Å²) in [6.07, 6.45) is -0.0387. The zero-order valence-electron chi connectivity index (χ0n) is 23.9. The van der Waals surface area contributed by atoms with E-state index in [0.29, 0.717) is 22.5 Å². The Balaban J connectivity index is 1.61. The number of carbonyl (C=O) groups excluding carboxylic acids is 3. The monoisotopic (exact) mass is 693 g/mol. The van der Waals surface area contributed by atoms with E-state index in [0.717, 1.165) is 4.47 Å². The minimum atomic E-state index is -2.72. The minimum Gasteiger partial charge on any atom is -0.352 e. The van der Waals surface area contributed by atoms with Crippen LogP contribution in [0.25, 0.3) is 0 Å². The summed E-state index contributed by atoms with van der Waals surface area (Å²) in [6.45, 7) is 5.45. The summed E-state index contributed by atoms with van der Waals surface area (Å²) in [5.74, 6) is -4.17. The highest BCUT2D eigenvalue weighted by Crippen LogP contribution is 2.42. The summed E-state index contributed by atoms with van der Waals surface area (Å²) in [5, 5.41) is 8.63. The fourth-order valence-corrected chi connectivity index (χ4v) is 5.72. The molecule has 43 heavy (non-hydrogen) atoms. The number of hydrogen-bond donors (Lipinski definition) is 3. The number of anilines is 2. The summed E-state index contributed by atoms with van der Waals surface area (Å²) >= 11 is 16.3. The third-order valence-corrected chi connectivity index (χ3v) is 8.61. The van der Waals surface area contributed by atoms with Gasteiger partial charge in [-0.3, -0.25) is 14.4 Å². The average Bonchev–Trinajstić information content (AvgIpc) is 2.93. The molecule has 0 heterocycles. The maximum Gasteiger partial charge on any atom is 0.258 e. The van der Waals surface area contributed by atoms with E-state index in [1.807, 2.05) is 0 Å². The molecule has 0 bridgehead atoms. The molecule has 4 rings (SSSR count). The molecule has 1 fully saturated rings. The first kappa shape index (κ1) is 32.9. The molecule has 3 N–H and O–H groups in total. The lowest BCUT2D eigenvalue weighted by atomic mass is 9.80. The van der Waals surface area contributed by atoms with Crippen molar-refractivity contribution in [2.45, 2.75) is 64.8 Å². The van der Waals surface area contributed by atoms with Crippen LogP contribution in [0.5, 0.6) is 0 Å². The summed E-state index contributed by atoms with van der Waals surface area (Å²) in [7, 11) is 0. The maximum atomic E-state index is 13.9. The molecule has 0 atom stereocenters. The topological polar surface area (TPSA) is 87.3 Å². The number of carbonyl (C=O) groups is 3. The number of hydrogen-bond acceptors (Lipinski definition) is 3. The van der Waals surface area contributed by atoms with Gasteiger partial charge in [-0.25, -0.2) is 8.78 Å². The summed E-state index contributed by atoms with van der Waals surface area (Å²) in [6, 6.07) is 15.1. The van der Waals surface area contributed by atoms with Crippen molar-refractivity contribution in [3.8, 4) is 0 Å². The Morgan fingerprint density at radius 2 is 1.51 bits per heavy atom. The lowest BCUT2D eigenvalue weighted by Gasteiger charge is -2.29. The van der Waals surface area contributed by atoms with Crippen molar-refractivity contribution in [3.63, 3.8) is 0 Å². The van der Waals surface area contributed by atoms with Crippen molar-refractivity contribution in [1.82, 2.24) is 5.32 Å². The van der Waals surface area contributed by atoms with E-state index in [9.17, 15) is 23.2 Å². The van der Waals surface area contributed by atoms with Crippen molar-refractivity contribution in [2.24, 2.45) is 5.41 Å². The molecule has 11 heteroatoms. The number of nitrogens with one attached hydrogen (secondary N) is 3. The largest absolute Gasteiger partial charge is 0.352 e. The van der Waals surface area contributed by atoms with Gasteiger partial charge in [-0.15, -0.1) is 0 Å². The Labute approximate surface area is 268 Å². The van der Waals surface area contributed by atoms with Crippen LogP contribution in [0.4, 0.5) is 20.2 Å². The molecule has 228 valence electrons. The molecule has 0 aliphatic heterocycles. The highest BCUT2D eigenvalue weighted by molar-refractivity contribution is 9.10. The third-order valence-electron chi connectivity index (χ3n) is 7.33. The second-order valence-corrected chi connectivity index (χ2v) is 13.4. The molecule has 6 nitrogen and oxygen atoms in total. The normalized spacial score (nSPS) is 15.1. The summed E-state index contributed by atoms with van der Waals surface area (Å²) < 4.78 is 28.6. The van der Waals surface area contributed by atoms with Gasteiger partial charge in [0.05, 0.1) is 15.6 Å². The van der Waals surface area contributed by atoms with Crippen molar-refractivity contribution in [2.75, 3.05) is 10.6 Å². The Kier molecular flexibility index (Phi) is 10.2. The van der Waals surface area contributed by atoms with Gasteiger partial charge in [0.2, 0.25) is 11.8 Å². The average molecular weight is 695 g/mol. The molecule has 0 aromatic heterocycles. The van der Waals surface area contributed by atoms with Gasteiger partial charge >= 0.3 is 0 Å². The highest BCUT2D eigenvalue weighted by atomic mass is 79.9. The van der Waals surface area contributed by atoms with Crippen LogP contribution >= 0.6 is 39.1 Å². The quantitative estimate of drug-likeness (QED) is 0.230. The summed E-state index contributed by atoms with van der Waals surface area (Å²) in [5.41, 5.74) is 1.68. The molecule has 1 aliphatic carbocycles. The number of amides is 3. The number of alkyl halides is 2. The Hall–Kier alpha value is -3.01. The first-order valence-corrected chi connectivity index (χ1v) is 15.3. The van der Waals surface area contributed by atoms with Crippen LogP contribution in [0.2, 0.25) is 10.0 Å². The second-order valence-electron chi connectivity index (χ2n) is 11.7. The predicted molar refractivity (Wildman–Crippen MR) is 170 cm³/mol. The highest BCUT2D eigenvalue weighted by Gasteiger charge is 2.36. The molecule has 0 unspecified atom stereocenters. The molecule has 0 saturated heterocycles. The van der Waals surface area contributed by atoms with Crippen molar-refractivity contribution in [1.29, 1.82) is 0 Å². The smallest absolute Gasteiger partial charge is 0.258 e. The van der Waals surface area contributed by atoms with E-state index in [4.69, 9.17) is 23.2 Å². The number of benzene rings is 3. The van der Waals surface area contributed by atoms with Gasteiger partial charge in [0.25, 0.3) is 11.8 Å². The zero-order chi connectivity index (χ0) is 31.5. The van der Waals surface area contributed by atoms with Crippen LogP contribution in [-0.4, -0.2) is 23.6 Å². The molecular formula is C32H32BrCl2F2N3O3. The lowest BCUT2D eigenvalue weighted by Crippen LogP contribution is -2.34. The van der Waals surface area contributed by atoms with Crippen molar-refractivity contribution < 1.29 is 23.2 Å². The van der Waals surface area contributed by atoms with Crippen molar-refractivity contribution >= 4 is 68.2 Å². The van der Waals surface area contributed by atoms with Crippen molar-refractivity contribution in [3.05, 3.63) is 91.4 Å². The first-order chi connectivity index (χ1) is 20.1. The van der Waals surface area contributed by atoms with Crippen LogP contribution in [0, 0.1) is 5.41 Å². The van der Waals surface area contributed by atoms with Gasteiger partial charge < -0.3 is 16.0 Å². The Morgan fingerprint density at radius 3 is 2.14 bits per heavy atom. The van der Waals surface area contributed by atoms with E-state index >= 15 is 0 Å². The Bertz CT molecular complexity index is 1530. The molecule has 3 aromatic carbocycles. The SMILES string of the molecule is CC(C)(C)C(=O)NCc1ccc(Cl)c(C(=O)Nc2ccc(C3CCC(F)(F)CC3)c(C(=O)Nc3ccc(Br)cc3)c2)c1Cl. The van der Waals surface area contributed by atoms with Crippen LogP contribution in [-0.2, 0) is 11.3 Å². The lowest BCUT2D eigenvalue weighted by molar-refractivity contribution is -0.128. The van der Waals surface area contributed by atoms with Crippen LogP contribution in [0.1, 0.15) is 84.2 Å². The van der Waals surface area contributed by atoms with Gasteiger partial charge in [-0.05, 0) is 72.4 Å². The Morgan fingerprint density at radius 1 is 0.907 bits per heavy atom. The molecule has 3 aromatic rings. The maximum absolute atomic E-state index is 13.9. The number of halogens is 5. The zero-order valence-corrected chi connectivity index (χ0v) is 27.0. The van der Waals surface area contributed by atoms with Gasteiger partial charge in [0.15, 0.2) is 0 Å². The molecule has 1 aliphatic rings. The van der Waals surface area contributed by atoms with E-state index < -0.39 is 23.2 Å². The molecular weight excluding hydrogens is 663 g/mol. The fraction of sp³-hybridized carbons (Fsp3) is 0.344. The van der Waals surface area contributed by atoms with Crippen LogP contribution in [0.15, 0.2) is 59.1 Å². The van der Waals surface area contributed by atoms with Gasteiger partial charge in [-0.2, -0.15) is 0 Å². The van der Waals surface area contributed by atoms with Gasteiger partial charge in [0.1, 0.15) is 0 Å². The van der Waals surface area contributed by atoms with Crippen LogP contribution < -0.4 is 16.0 Å². The van der Waals surface area contributed by atoms with Gasteiger partial charge in [-0.1, -0.05) is 72.0 Å². The van der Waals surface area contributed by atoms with E-state index in [1.54, 1.807) is 63.2 Å². The molecule has 1 saturated carbocycles. The molecule has 3 amide bonds. The first-order valence-electron chi connectivity index (χ1n) is 13.8. The fourth-order valence-electron chi connectivity index (χ4n) is 4.84. The molecule has 0 radical (unpaired) electrons. The third kappa shape index (κ3) is 8.34. The molecule has 0 spiro atoms. The van der Waals surface area contributed by atoms with Gasteiger partial charge in [0, 0.05) is 46.2 Å². The van der Waals surface area contributed by atoms with E-state index in [2.05, 4.69) is 31.9 Å². The standard InChI is InChI=1S/C32H32BrCl2F2N3O3/c1-31(2,3)30(43)38-17-19-4-11-25(34)26(27(19)35)29(42)40-22-9-10-23(18-12-14-32(36,37)15-13-18)24(16-22)28(41)39-21-7-5-20(33)6-8-21/h4-11,16,18H,12-15,17H2,1-3H3,(H,38,43)(H,39,41)(H,40,42). The minimum absolute atomic E-state index is 0.0188. The predicted octanol–water partition coefficient (Wildman–Crippen LogP) is 9.22. The van der Waals surface area contributed by atoms with E-state index in [1.165, 1.54) is 12.1 Å². The van der Waals surface area contributed by atoms with Crippen LogP contribution in [0.3, 0.4) is 0 Å². The number of rotatable bonds is 7. The summed E-state index contributed by atoms with van der Waals surface area (Å²) in [4.78, 5) is 39.2.